The van der Waals surface area contributed by atoms with Gasteiger partial charge in [-0.2, -0.15) is 0 Å². The number of nitrogens with two attached hydrogens (primary N) is 1. The van der Waals surface area contributed by atoms with Crippen LogP contribution in [0.25, 0.3) is 22.6 Å². The fourth-order valence-electron chi connectivity index (χ4n) is 3.91. The topological polar surface area (TPSA) is 118 Å². The molecule has 3 aromatic rings. The molecule has 2 aliphatic rings. The first-order chi connectivity index (χ1) is 13.9. The molecule has 4 atom stereocenters. The summed E-state index contributed by atoms with van der Waals surface area (Å²) in [6.07, 6.45) is -0.330. The molecular weight excluding hydrogens is 398 g/mol. The van der Waals surface area contributed by atoms with Gasteiger partial charge in [-0.25, -0.2) is 15.0 Å². The minimum atomic E-state index is -0.777. The minimum absolute atomic E-state index is 0.186. The van der Waals surface area contributed by atoms with Crippen LogP contribution in [0.1, 0.15) is 20.1 Å². The lowest BCUT2D eigenvalue weighted by Crippen LogP contribution is -2.31. The molecule has 0 unspecified atom stereocenters. The molecule has 0 radical (unpaired) electrons. The highest BCUT2D eigenvalue weighted by atomic mass is 35.5. The van der Waals surface area contributed by atoms with Crippen LogP contribution in [0.3, 0.4) is 0 Å². The van der Waals surface area contributed by atoms with Crippen LogP contribution >= 0.6 is 11.6 Å². The van der Waals surface area contributed by atoms with Gasteiger partial charge in [-0.1, -0.05) is 23.7 Å². The predicted octanol–water partition coefficient (Wildman–Crippen LogP) is 2.14. The van der Waals surface area contributed by atoms with Gasteiger partial charge in [0, 0.05) is 10.6 Å². The van der Waals surface area contributed by atoms with E-state index in [1.54, 1.807) is 23.0 Å². The third-order valence-corrected chi connectivity index (χ3v) is 5.35. The molecule has 5 rings (SSSR count). The van der Waals surface area contributed by atoms with Gasteiger partial charge in [0.05, 0.1) is 12.9 Å². The maximum absolute atomic E-state index is 9.73. The Morgan fingerprint density at radius 2 is 2.03 bits per heavy atom. The number of hydrogen-bond donors (Lipinski definition) is 2. The Hall–Kier alpha value is -2.30. The highest BCUT2D eigenvalue weighted by molar-refractivity contribution is 6.30. The van der Waals surface area contributed by atoms with Crippen LogP contribution in [0.15, 0.2) is 30.6 Å². The quantitative estimate of drug-likeness (QED) is 0.665. The zero-order valence-electron chi connectivity index (χ0n) is 15.8. The van der Waals surface area contributed by atoms with E-state index in [0.717, 1.165) is 5.56 Å². The third kappa shape index (κ3) is 3.06. The molecule has 2 saturated heterocycles. The molecule has 0 bridgehead atoms. The number of rotatable bonds is 3. The zero-order chi connectivity index (χ0) is 20.3. The molecule has 2 aliphatic heterocycles. The second-order valence-corrected chi connectivity index (χ2v) is 8.02. The van der Waals surface area contributed by atoms with Gasteiger partial charge >= 0.3 is 0 Å². The van der Waals surface area contributed by atoms with E-state index in [4.69, 9.17) is 31.5 Å². The fraction of sp³-hybridized carbons (Fsp3) is 0.421. The van der Waals surface area contributed by atoms with E-state index in [2.05, 4.69) is 15.0 Å². The minimum Gasteiger partial charge on any atom is -0.394 e. The summed E-state index contributed by atoms with van der Waals surface area (Å²) in [5, 5.41) is 10.3. The Labute approximate surface area is 171 Å². The SMILES string of the molecule is CC1(C)O[C@@H]2[C@H](O1)[C@@H](CO)O[C@H]2n1cnc2c(N)nc(-c3cccc(Cl)c3)nc21. The Morgan fingerprint density at radius 1 is 1.24 bits per heavy atom. The maximum atomic E-state index is 9.73. The van der Waals surface area contributed by atoms with Gasteiger partial charge in [0.25, 0.3) is 0 Å². The first-order valence-electron chi connectivity index (χ1n) is 9.24. The number of benzene rings is 1. The van der Waals surface area contributed by atoms with E-state index >= 15 is 0 Å². The number of nitrogen functional groups attached to an aromatic ring is 1. The molecule has 2 aromatic heterocycles. The number of halogens is 1. The van der Waals surface area contributed by atoms with Crippen LogP contribution in [-0.4, -0.2) is 55.3 Å². The van der Waals surface area contributed by atoms with Gasteiger partial charge in [0.1, 0.15) is 23.8 Å². The molecule has 152 valence electrons. The number of ether oxygens (including phenoxy) is 3. The summed E-state index contributed by atoms with van der Waals surface area (Å²) in [6.45, 7) is 3.48. The summed E-state index contributed by atoms with van der Waals surface area (Å²) in [4.78, 5) is 13.4. The van der Waals surface area contributed by atoms with Crippen LogP contribution in [0.4, 0.5) is 5.82 Å². The van der Waals surface area contributed by atoms with E-state index in [1.807, 2.05) is 26.0 Å². The van der Waals surface area contributed by atoms with Crippen molar-refractivity contribution in [2.24, 2.45) is 0 Å². The van der Waals surface area contributed by atoms with E-state index in [0.29, 0.717) is 22.0 Å². The predicted molar refractivity (Wildman–Crippen MR) is 105 cm³/mol. The molecule has 3 N–H and O–H groups in total. The van der Waals surface area contributed by atoms with Crippen molar-refractivity contribution < 1.29 is 19.3 Å². The average Bonchev–Trinajstić information content (AvgIpc) is 3.32. The maximum Gasteiger partial charge on any atom is 0.168 e. The van der Waals surface area contributed by atoms with Crippen molar-refractivity contribution in [1.82, 2.24) is 19.5 Å². The number of hydrogen-bond acceptors (Lipinski definition) is 8. The Balaban J connectivity index is 1.61. The van der Waals surface area contributed by atoms with Gasteiger partial charge in [-0.15, -0.1) is 0 Å². The Morgan fingerprint density at radius 3 is 2.79 bits per heavy atom. The smallest absolute Gasteiger partial charge is 0.168 e. The van der Waals surface area contributed by atoms with Crippen molar-refractivity contribution in [3.63, 3.8) is 0 Å². The fourth-order valence-corrected chi connectivity index (χ4v) is 4.10. The highest BCUT2D eigenvalue weighted by Gasteiger charge is 2.56. The average molecular weight is 418 g/mol. The molecule has 2 fully saturated rings. The van der Waals surface area contributed by atoms with E-state index in [1.165, 1.54) is 0 Å². The van der Waals surface area contributed by atoms with Crippen LogP contribution in [0.2, 0.25) is 5.02 Å². The van der Waals surface area contributed by atoms with Crippen molar-refractivity contribution >= 4 is 28.6 Å². The summed E-state index contributed by atoms with van der Waals surface area (Å²) < 4.78 is 19.8. The molecule has 1 aromatic carbocycles. The molecule has 0 saturated carbocycles. The molecule has 10 heteroatoms. The third-order valence-electron chi connectivity index (χ3n) is 5.11. The zero-order valence-corrected chi connectivity index (χ0v) is 16.6. The van der Waals surface area contributed by atoms with Crippen LogP contribution in [0, 0.1) is 0 Å². The normalized spacial score (nSPS) is 28.1. The molecule has 29 heavy (non-hydrogen) atoms. The second-order valence-electron chi connectivity index (χ2n) is 7.58. The highest BCUT2D eigenvalue weighted by Crippen LogP contribution is 2.43. The molecule has 0 spiro atoms. The van der Waals surface area contributed by atoms with E-state index in [9.17, 15) is 5.11 Å². The van der Waals surface area contributed by atoms with Crippen molar-refractivity contribution in [3.8, 4) is 11.4 Å². The first-order valence-corrected chi connectivity index (χ1v) is 9.62. The summed E-state index contributed by atoms with van der Waals surface area (Å²) in [5.74, 6) is -0.0986. The van der Waals surface area contributed by atoms with Crippen molar-refractivity contribution in [1.29, 1.82) is 0 Å². The number of nitrogens with zero attached hydrogens (tertiary/aromatic N) is 4. The lowest BCUT2D eigenvalue weighted by molar-refractivity contribution is -0.199. The van der Waals surface area contributed by atoms with E-state index < -0.39 is 30.3 Å². The first kappa shape index (κ1) is 18.7. The standard InChI is InChI=1S/C19H20ClN5O4/c1-19(2)28-13-11(7-26)27-18(14(13)29-19)25-8-22-12-15(21)23-16(24-17(12)25)9-4-3-5-10(20)6-9/h3-6,8,11,13-14,18,26H,7H2,1-2H3,(H2,21,23,24)/t11-,13-,14-,18-/m1/s1. The molecular formula is C19H20ClN5O4. The van der Waals surface area contributed by atoms with Gasteiger partial charge < -0.3 is 25.1 Å². The van der Waals surface area contributed by atoms with Crippen LogP contribution in [0.5, 0.6) is 0 Å². The number of aliphatic hydroxyl groups is 1. The lowest BCUT2D eigenvalue weighted by atomic mass is 10.1. The Bertz CT molecular complexity index is 1090. The van der Waals surface area contributed by atoms with Gasteiger partial charge in [-0.3, -0.25) is 4.57 Å². The van der Waals surface area contributed by atoms with Gasteiger partial charge in [-0.05, 0) is 26.0 Å². The lowest BCUT2D eigenvalue weighted by Gasteiger charge is -2.24. The number of aromatic nitrogens is 4. The van der Waals surface area contributed by atoms with Gasteiger partial charge in [0.15, 0.2) is 29.3 Å². The molecule has 0 amide bonds. The summed E-state index contributed by atoms with van der Waals surface area (Å²) in [5.41, 5.74) is 7.85. The second kappa shape index (κ2) is 6.61. The Kier molecular flexibility index (Phi) is 4.27. The number of aliphatic hydroxyl groups excluding tert-OH is 1. The number of anilines is 1. The molecule has 4 heterocycles. The molecule has 9 nitrogen and oxygen atoms in total. The summed E-state index contributed by atoms with van der Waals surface area (Å²) in [6, 6.07) is 7.22. The van der Waals surface area contributed by atoms with Crippen LogP contribution in [-0.2, 0) is 14.2 Å². The number of imidazole rings is 1. The number of fused-ring (bicyclic) bond motifs is 2. The van der Waals surface area contributed by atoms with Gasteiger partial charge in [0.2, 0.25) is 0 Å². The van der Waals surface area contributed by atoms with E-state index in [-0.39, 0.29) is 12.4 Å². The van der Waals surface area contributed by atoms with Crippen molar-refractivity contribution in [2.75, 3.05) is 12.3 Å². The molecule has 0 aliphatic carbocycles. The monoisotopic (exact) mass is 417 g/mol. The largest absolute Gasteiger partial charge is 0.394 e. The van der Waals surface area contributed by atoms with Crippen LogP contribution < -0.4 is 5.73 Å². The summed E-state index contributed by atoms with van der Waals surface area (Å²) in [7, 11) is 0. The summed E-state index contributed by atoms with van der Waals surface area (Å²) >= 11 is 6.11. The van der Waals surface area contributed by atoms with Crippen molar-refractivity contribution in [3.05, 3.63) is 35.6 Å². The van der Waals surface area contributed by atoms with Crippen molar-refractivity contribution in [2.45, 2.75) is 44.2 Å².